The van der Waals surface area contributed by atoms with E-state index in [1.54, 1.807) is 31.3 Å². The first-order chi connectivity index (χ1) is 7.72. The van der Waals surface area contributed by atoms with Gasteiger partial charge in [0.2, 0.25) is 0 Å². The summed E-state index contributed by atoms with van der Waals surface area (Å²) in [6, 6.07) is 8.88. The van der Waals surface area contributed by atoms with Gasteiger partial charge < -0.3 is 5.11 Å². The molecule has 5 heteroatoms. The maximum Gasteiger partial charge on any atom is 0.122 e. The molecule has 1 N–H and O–H groups in total. The van der Waals surface area contributed by atoms with E-state index < -0.39 is 6.10 Å². The Morgan fingerprint density at radius 3 is 2.94 bits per heavy atom. The van der Waals surface area contributed by atoms with Crippen LogP contribution in [-0.2, 0) is 7.05 Å². The quantitative estimate of drug-likeness (QED) is 0.801. The largest absolute Gasteiger partial charge is 0.382 e. The predicted octanol–water partition coefficient (Wildman–Crippen LogP) is 0.768. The highest BCUT2D eigenvalue weighted by Crippen LogP contribution is 2.20. The second-order valence-electron chi connectivity index (χ2n) is 3.42. The van der Waals surface area contributed by atoms with Crippen molar-refractivity contribution in [3.05, 3.63) is 47.3 Å². The average molecular weight is 214 g/mol. The normalized spacial score (nSPS) is 12.1. The van der Waals surface area contributed by atoms with Crippen molar-refractivity contribution in [1.82, 2.24) is 15.0 Å². The van der Waals surface area contributed by atoms with Crippen LogP contribution in [-0.4, -0.2) is 20.1 Å². The van der Waals surface area contributed by atoms with Crippen molar-refractivity contribution in [3.8, 4) is 6.07 Å². The summed E-state index contributed by atoms with van der Waals surface area (Å²) in [6.07, 6.45) is 0.692. The molecule has 1 atom stereocenters. The lowest BCUT2D eigenvalue weighted by Crippen LogP contribution is -2.06. The maximum absolute atomic E-state index is 10.1. The zero-order valence-electron chi connectivity index (χ0n) is 8.70. The number of benzene rings is 1. The fraction of sp³-hybridized carbons (Fsp3) is 0.182. The Morgan fingerprint density at radius 2 is 2.31 bits per heavy atom. The van der Waals surface area contributed by atoms with Crippen molar-refractivity contribution >= 4 is 0 Å². The van der Waals surface area contributed by atoms with Crippen LogP contribution < -0.4 is 0 Å². The molecule has 0 aliphatic carbocycles. The second kappa shape index (κ2) is 4.13. The van der Waals surface area contributed by atoms with Gasteiger partial charge in [0.25, 0.3) is 0 Å². The highest BCUT2D eigenvalue weighted by Gasteiger charge is 2.14. The molecule has 0 saturated carbocycles. The first-order valence-electron chi connectivity index (χ1n) is 4.75. The van der Waals surface area contributed by atoms with Crippen LogP contribution in [0.15, 0.2) is 30.5 Å². The zero-order chi connectivity index (χ0) is 11.5. The van der Waals surface area contributed by atoms with E-state index >= 15 is 0 Å². The number of nitriles is 1. The summed E-state index contributed by atoms with van der Waals surface area (Å²) in [7, 11) is 1.71. The van der Waals surface area contributed by atoms with Gasteiger partial charge in [-0.15, -0.1) is 5.10 Å². The minimum absolute atomic E-state index is 0.520. The van der Waals surface area contributed by atoms with Crippen molar-refractivity contribution in [2.45, 2.75) is 6.10 Å². The minimum Gasteiger partial charge on any atom is -0.382 e. The molecule has 0 fully saturated rings. The Balaban J connectivity index is 2.38. The number of aryl methyl sites for hydroxylation is 1. The van der Waals surface area contributed by atoms with Crippen molar-refractivity contribution in [2.75, 3.05) is 0 Å². The Labute approximate surface area is 92.6 Å². The van der Waals surface area contributed by atoms with Crippen LogP contribution in [0.25, 0.3) is 0 Å². The van der Waals surface area contributed by atoms with Gasteiger partial charge in [-0.1, -0.05) is 17.3 Å². The van der Waals surface area contributed by atoms with E-state index in [1.165, 1.54) is 10.9 Å². The van der Waals surface area contributed by atoms with Gasteiger partial charge in [-0.2, -0.15) is 5.26 Å². The van der Waals surface area contributed by atoms with Crippen molar-refractivity contribution in [3.63, 3.8) is 0 Å². The Kier molecular flexibility index (Phi) is 2.66. The molecule has 0 bridgehead atoms. The molecular formula is C11H10N4O. The molecule has 5 nitrogen and oxygen atoms in total. The third-order valence-corrected chi connectivity index (χ3v) is 2.36. The van der Waals surface area contributed by atoms with Crippen LogP contribution in [0.1, 0.15) is 22.9 Å². The second-order valence-corrected chi connectivity index (χ2v) is 3.42. The Morgan fingerprint density at radius 1 is 1.50 bits per heavy atom. The van der Waals surface area contributed by atoms with Crippen LogP contribution in [0.5, 0.6) is 0 Å². The van der Waals surface area contributed by atoms with Crippen molar-refractivity contribution in [1.29, 1.82) is 5.26 Å². The van der Waals surface area contributed by atoms with E-state index in [9.17, 15) is 5.11 Å². The van der Waals surface area contributed by atoms with E-state index in [0.29, 0.717) is 16.8 Å². The zero-order valence-corrected chi connectivity index (χ0v) is 8.70. The van der Waals surface area contributed by atoms with E-state index in [1.807, 2.05) is 6.07 Å². The highest BCUT2D eigenvalue weighted by atomic mass is 16.3. The number of aromatic nitrogens is 3. The number of hydrogen-bond donors (Lipinski definition) is 1. The molecule has 0 spiro atoms. The number of hydrogen-bond acceptors (Lipinski definition) is 4. The molecule has 1 aromatic carbocycles. The van der Waals surface area contributed by atoms with Crippen LogP contribution in [0.2, 0.25) is 0 Å². The van der Waals surface area contributed by atoms with Gasteiger partial charge in [-0.3, -0.25) is 0 Å². The van der Waals surface area contributed by atoms with Crippen LogP contribution >= 0.6 is 0 Å². The van der Waals surface area contributed by atoms with Gasteiger partial charge >= 0.3 is 0 Å². The smallest absolute Gasteiger partial charge is 0.122 e. The van der Waals surface area contributed by atoms with E-state index in [0.717, 1.165) is 0 Å². The lowest BCUT2D eigenvalue weighted by atomic mass is 10.0. The molecule has 2 rings (SSSR count). The number of rotatable bonds is 2. The van der Waals surface area contributed by atoms with Gasteiger partial charge in [0.1, 0.15) is 6.10 Å². The number of nitrogens with zero attached hydrogens (tertiary/aromatic N) is 4. The molecular weight excluding hydrogens is 204 g/mol. The molecule has 0 aliphatic heterocycles. The third kappa shape index (κ3) is 1.78. The summed E-state index contributed by atoms with van der Waals surface area (Å²) in [6.45, 7) is 0. The van der Waals surface area contributed by atoms with Crippen molar-refractivity contribution in [2.24, 2.45) is 7.05 Å². The van der Waals surface area contributed by atoms with Gasteiger partial charge in [-0.25, -0.2) is 4.68 Å². The summed E-state index contributed by atoms with van der Waals surface area (Å²) >= 11 is 0. The molecule has 0 amide bonds. The van der Waals surface area contributed by atoms with Gasteiger partial charge in [0.05, 0.1) is 23.5 Å². The van der Waals surface area contributed by atoms with E-state index in [4.69, 9.17) is 5.26 Å². The average Bonchev–Trinajstić information content (AvgIpc) is 2.74. The SMILES string of the molecule is Cn1nncc1C(O)c1cccc(C#N)c1. The topological polar surface area (TPSA) is 74.7 Å². The Bertz CT molecular complexity index is 541. The van der Waals surface area contributed by atoms with Gasteiger partial charge in [0.15, 0.2) is 0 Å². The molecule has 0 radical (unpaired) electrons. The molecule has 16 heavy (non-hydrogen) atoms. The van der Waals surface area contributed by atoms with Crippen LogP contribution in [0.3, 0.4) is 0 Å². The van der Waals surface area contributed by atoms with Gasteiger partial charge in [0, 0.05) is 7.05 Å². The molecule has 1 aromatic heterocycles. The summed E-state index contributed by atoms with van der Waals surface area (Å²) in [5.74, 6) is 0. The van der Waals surface area contributed by atoms with Gasteiger partial charge in [-0.05, 0) is 17.7 Å². The number of aliphatic hydroxyl groups is 1. The number of aliphatic hydroxyl groups excluding tert-OH is 1. The van der Waals surface area contributed by atoms with E-state index in [2.05, 4.69) is 10.3 Å². The first kappa shape index (κ1) is 10.3. The lowest BCUT2D eigenvalue weighted by Gasteiger charge is -2.10. The predicted molar refractivity (Wildman–Crippen MR) is 56.2 cm³/mol. The van der Waals surface area contributed by atoms with E-state index in [-0.39, 0.29) is 0 Å². The van der Waals surface area contributed by atoms with Crippen LogP contribution in [0, 0.1) is 11.3 Å². The summed E-state index contributed by atoms with van der Waals surface area (Å²) in [4.78, 5) is 0. The standard InChI is InChI=1S/C11H10N4O/c1-15-10(7-13-14-15)11(16)9-4-2-3-8(5-9)6-12/h2-5,7,11,16H,1H3. The molecule has 1 unspecified atom stereocenters. The highest BCUT2D eigenvalue weighted by molar-refractivity contribution is 5.35. The monoisotopic (exact) mass is 214 g/mol. The molecule has 0 aliphatic rings. The summed E-state index contributed by atoms with van der Waals surface area (Å²) in [5.41, 5.74) is 1.77. The summed E-state index contributed by atoms with van der Waals surface area (Å²) < 4.78 is 1.50. The summed E-state index contributed by atoms with van der Waals surface area (Å²) in [5, 5.41) is 26.3. The molecule has 2 aromatic rings. The maximum atomic E-state index is 10.1. The third-order valence-electron chi connectivity index (χ3n) is 2.36. The first-order valence-corrected chi connectivity index (χ1v) is 4.75. The fourth-order valence-electron chi connectivity index (χ4n) is 1.49. The van der Waals surface area contributed by atoms with Crippen molar-refractivity contribution < 1.29 is 5.11 Å². The Hall–Kier alpha value is -2.19. The molecule has 1 heterocycles. The van der Waals surface area contributed by atoms with Crippen LogP contribution in [0.4, 0.5) is 0 Å². The molecule has 0 saturated heterocycles. The molecule has 80 valence electrons. The minimum atomic E-state index is -0.812. The fourth-order valence-corrected chi connectivity index (χ4v) is 1.49. The lowest BCUT2D eigenvalue weighted by molar-refractivity contribution is 0.209.